The number of hydrogen-bond donors (Lipinski definition) is 1. The minimum Gasteiger partial charge on any atom is -0.379 e. The molecule has 0 aromatic heterocycles. The summed E-state index contributed by atoms with van der Waals surface area (Å²) in [5, 5.41) is 3.27. The predicted molar refractivity (Wildman–Crippen MR) is 122 cm³/mol. The minimum atomic E-state index is -0.0640. The summed E-state index contributed by atoms with van der Waals surface area (Å²) in [5.41, 5.74) is 1.88. The molecule has 1 aromatic carbocycles. The van der Waals surface area contributed by atoms with E-state index in [0.29, 0.717) is 25.2 Å². The molecule has 0 bridgehead atoms. The maximum atomic E-state index is 13.3. The first-order chi connectivity index (χ1) is 14.8. The largest absolute Gasteiger partial charge is 0.379 e. The van der Waals surface area contributed by atoms with Gasteiger partial charge < -0.3 is 19.9 Å². The van der Waals surface area contributed by atoms with E-state index >= 15 is 0 Å². The fourth-order valence-corrected chi connectivity index (χ4v) is 4.04. The van der Waals surface area contributed by atoms with E-state index in [1.807, 2.05) is 29.2 Å². The monoisotopic (exact) mass is 430 g/mol. The standard InChI is InChI=1S/C24H38N4O3/c1-24(2,3)21-7-5-20(6-8-21)23(30)28(12-4-11-26-15-17-31-18-16-26)19-22(29)27-13-9-25-10-14-27/h5-8,25H,4,9-19H2,1-3H3. The van der Waals surface area contributed by atoms with Gasteiger partial charge in [-0.25, -0.2) is 0 Å². The summed E-state index contributed by atoms with van der Waals surface area (Å²) in [6.07, 6.45) is 0.848. The highest BCUT2D eigenvalue weighted by molar-refractivity contribution is 5.96. The van der Waals surface area contributed by atoms with E-state index in [1.165, 1.54) is 5.56 Å². The molecule has 7 nitrogen and oxygen atoms in total. The average Bonchev–Trinajstić information content (AvgIpc) is 2.78. The number of amides is 2. The van der Waals surface area contributed by atoms with E-state index in [1.54, 1.807) is 4.90 Å². The van der Waals surface area contributed by atoms with Crippen molar-refractivity contribution in [3.8, 4) is 0 Å². The fourth-order valence-electron chi connectivity index (χ4n) is 4.04. The zero-order valence-electron chi connectivity index (χ0n) is 19.4. The molecule has 0 spiro atoms. The van der Waals surface area contributed by atoms with Crippen molar-refractivity contribution in [1.29, 1.82) is 0 Å². The van der Waals surface area contributed by atoms with Crippen LogP contribution in [0.4, 0.5) is 0 Å². The molecule has 7 heteroatoms. The molecule has 3 rings (SSSR count). The molecule has 2 aliphatic rings. The molecule has 2 amide bonds. The quantitative estimate of drug-likeness (QED) is 0.712. The second-order valence-electron chi connectivity index (χ2n) is 9.49. The maximum Gasteiger partial charge on any atom is 0.254 e. The molecule has 0 aliphatic carbocycles. The fraction of sp³-hybridized carbons (Fsp3) is 0.667. The second-order valence-corrected chi connectivity index (χ2v) is 9.49. The van der Waals surface area contributed by atoms with Crippen LogP contribution in [0.2, 0.25) is 0 Å². The Morgan fingerprint density at radius 2 is 1.68 bits per heavy atom. The van der Waals surface area contributed by atoms with Crippen molar-refractivity contribution in [2.45, 2.75) is 32.6 Å². The Bertz CT molecular complexity index is 717. The molecule has 0 saturated carbocycles. The Morgan fingerprint density at radius 3 is 2.29 bits per heavy atom. The van der Waals surface area contributed by atoms with Gasteiger partial charge in [-0.2, -0.15) is 0 Å². The molecular formula is C24H38N4O3. The Labute approximate surface area is 186 Å². The van der Waals surface area contributed by atoms with Crippen LogP contribution in [0.15, 0.2) is 24.3 Å². The van der Waals surface area contributed by atoms with Gasteiger partial charge in [0.1, 0.15) is 6.54 Å². The number of ether oxygens (including phenoxy) is 1. The van der Waals surface area contributed by atoms with Crippen molar-refractivity contribution < 1.29 is 14.3 Å². The number of rotatable bonds is 7. The predicted octanol–water partition coefficient (Wildman–Crippen LogP) is 1.58. The van der Waals surface area contributed by atoms with Gasteiger partial charge in [-0.1, -0.05) is 32.9 Å². The molecule has 1 N–H and O–H groups in total. The van der Waals surface area contributed by atoms with Crippen molar-refractivity contribution in [2.75, 3.05) is 72.1 Å². The van der Waals surface area contributed by atoms with E-state index in [2.05, 4.69) is 31.0 Å². The van der Waals surface area contributed by atoms with Crippen LogP contribution in [0.5, 0.6) is 0 Å². The van der Waals surface area contributed by atoms with Gasteiger partial charge in [-0.05, 0) is 29.5 Å². The molecular weight excluding hydrogens is 392 g/mol. The second kappa shape index (κ2) is 11.1. The van der Waals surface area contributed by atoms with Crippen LogP contribution >= 0.6 is 0 Å². The zero-order valence-corrected chi connectivity index (χ0v) is 19.4. The van der Waals surface area contributed by atoms with Crippen molar-refractivity contribution in [2.24, 2.45) is 0 Å². The topological polar surface area (TPSA) is 65.1 Å². The third-order valence-electron chi connectivity index (χ3n) is 6.09. The van der Waals surface area contributed by atoms with Gasteiger partial charge in [-0.3, -0.25) is 14.5 Å². The van der Waals surface area contributed by atoms with E-state index in [0.717, 1.165) is 52.4 Å². The van der Waals surface area contributed by atoms with Gasteiger partial charge in [0, 0.05) is 57.9 Å². The van der Waals surface area contributed by atoms with Crippen LogP contribution in [0, 0.1) is 0 Å². The Kier molecular flexibility index (Phi) is 8.46. The first-order valence-electron chi connectivity index (χ1n) is 11.5. The highest BCUT2D eigenvalue weighted by atomic mass is 16.5. The van der Waals surface area contributed by atoms with Crippen LogP contribution in [0.1, 0.15) is 43.1 Å². The molecule has 2 aliphatic heterocycles. The summed E-state index contributed by atoms with van der Waals surface area (Å²) in [7, 11) is 0. The van der Waals surface area contributed by atoms with Gasteiger partial charge in [0.25, 0.3) is 5.91 Å². The Balaban J connectivity index is 1.65. The SMILES string of the molecule is CC(C)(C)c1ccc(C(=O)N(CCCN2CCOCC2)CC(=O)N2CCNCC2)cc1. The van der Waals surface area contributed by atoms with Crippen molar-refractivity contribution in [3.63, 3.8) is 0 Å². The van der Waals surface area contributed by atoms with Crippen LogP contribution in [-0.2, 0) is 14.9 Å². The zero-order chi connectivity index (χ0) is 22.3. The summed E-state index contributed by atoms with van der Waals surface area (Å²) in [5.74, 6) is -0.0292. The van der Waals surface area contributed by atoms with E-state index in [-0.39, 0.29) is 23.8 Å². The van der Waals surface area contributed by atoms with Gasteiger partial charge in [-0.15, -0.1) is 0 Å². The summed E-state index contributed by atoms with van der Waals surface area (Å²) >= 11 is 0. The maximum absolute atomic E-state index is 13.3. The van der Waals surface area contributed by atoms with Crippen LogP contribution < -0.4 is 5.32 Å². The minimum absolute atomic E-state index is 0.0348. The average molecular weight is 431 g/mol. The highest BCUT2D eigenvalue weighted by Gasteiger charge is 2.24. The molecule has 172 valence electrons. The van der Waals surface area contributed by atoms with Crippen LogP contribution in [0.3, 0.4) is 0 Å². The first-order valence-corrected chi connectivity index (χ1v) is 11.5. The Morgan fingerprint density at radius 1 is 1.03 bits per heavy atom. The normalized spacial score (nSPS) is 18.1. The number of nitrogens with zero attached hydrogens (tertiary/aromatic N) is 3. The lowest BCUT2D eigenvalue weighted by atomic mass is 9.86. The molecule has 31 heavy (non-hydrogen) atoms. The molecule has 0 radical (unpaired) electrons. The summed E-state index contributed by atoms with van der Waals surface area (Å²) < 4.78 is 5.41. The summed E-state index contributed by atoms with van der Waals surface area (Å²) in [4.78, 5) is 32.1. The molecule has 2 fully saturated rings. The number of benzene rings is 1. The van der Waals surface area contributed by atoms with Crippen molar-refractivity contribution in [3.05, 3.63) is 35.4 Å². The van der Waals surface area contributed by atoms with Crippen molar-refractivity contribution >= 4 is 11.8 Å². The smallest absolute Gasteiger partial charge is 0.254 e. The third kappa shape index (κ3) is 7.02. The number of hydrogen-bond acceptors (Lipinski definition) is 5. The molecule has 2 heterocycles. The summed E-state index contributed by atoms with van der Waals surface area (Å²) in [6.45, 7) is 14.5. The molecule has 0 unspecified atom stereocenters. The van der Waals surface area contributed by atoms with Crippen molar-refractivity contribution in [1.82, 2.24) is 20.0 Å². The molecule has 0 atom stereocenters. The van der Waals surface area contributed by atoms with E-state index < -0.39 is 0 Å². The summed E-state index contributed by atoms with van der Waals surface area (Å²) in [6, 6.07) is 7.84. The number of nitrogens with one attached hydrogen (secondary N) is 1. The van der Waals surface area contributed by atoms with E-state index in [4.69, 9.17) is 4.74 Å². The first kappa shape index (κ1) is 23.7. The van der Waals surface area contributed by atoms with E-state index in [9.17, 15) is 9.59 Å². The van der Waals surface area contributed by atoms with Crippen LogP contribution in [-0.4, -0.2) is 98.6 Å². The van der Waals surface area contributed by atoms with Gasteiger partial charge in [0.15, 0.2) is 0 Å². The number of morpholine rings is 1. The van der Waals surface area contributed by atoms with Gasteiger partial charge in [0.05, 0.1) is 13.2 Å². The number of carbonyl (C=O) groups excluding carboxylic acids is 2. The lowest BCUT2D eigenvalue weighted by molar-refractivity contribution is -0.132. The lowest BCUT2D eigenvalue weighted by Gasteiger charge is -2.31. The lowest BCUT2D eigenvalue weighted by Crippen LogP contribution is -2.50. The van der Waals surface area contributed by atoms with Crippen LogP contribution in [0.25, 0.3) is 0 Å². The molecule has 2 saturated heterocycles. The van der Waals surface area contributed by atoms with Gasteiger partial charge in [0.2, 0.25) is 5.91 Å². The van der Waals surface area contributed by atoms with Gasteiger partial charge >= 0.3 is 0 Å². The number of carbonyl (C=O) groups is 2. The third-order valence-corrected chi connectivity index (χ3v) is 6.09. The Hall–Kier alpha value is -1.96. The molecule has 1 aromatic rings. The highest BCUT2D eigenvalue weighted by Crippen LogP contribution is 2.22. The number of piperazine rings is 1.